The Labute approximate surface area is 220 Å². The van der Waals surface area contributed by atoms with Crippen LogP contribution in [-0.4, -0.2) is 58.7 Å². The zero-order chi connectivity index (χ0) is 24.3. The van der Waals surface area contributed by atoms with Crippen LogP contribution in [0.5, 0.6) is 5.75 Å². The Balaban J connectivity index is 0.00000342. The van der Waals surface area contributed by atoms with Crippen LogP contribution in [0.3, 0.4) is 0 Å². The van der Waals surface area contributed by atoms with E-state index in [1.165, 1.54) is 34.6 Å². The van der Waals surface area contributed by atoms with E-state index in [1.54, 1.807) is 6.07 Å². The van der Waals surface area contributed by atoms with Crippen molar-refractivity contribution in [3.63, 3.8) is 0 Å². The molecule has 0 bridgehead atoms. The van der Waals surface area contributed by atoms with Gasteiger partial charge in [0.05, 0.1) is 23.8 Å². The van der Waals surface area contributed by atoms with Crippen LogP contribution in [-0.2, 0) is 14.8 Å². The largest absolute Gasteiger partial charge is 0.493 e. The molecule has 2 aromatic rings. The molecule has 2 aliphatic rings. The zero-order valence-electron chi connectivity index (χ0n) is 18.7. The quantitative estimate of drug-likeness (QED) is 0.493. The Morgan fingerprint density at radius 2 is 2.03 bits per heavy atom. The summed E-state index contributed by atoms with van der Waals surface area (Å²) in [5.74, 6) is 0.0316. The molecule has 0 aromatic heterocycles. The van der Waals surface area contributed by atoms with Crippen molar-refractivity contribution in [2.75, 3.05) is 46.0 Å². The van der Waals surface area contributed by atoms with Crippen molar-refractivity contribution in [2.24, 2.45) is 11.3 Å². The van der Waals surface area contributed by atoms with Crippen molar-refractivity contribution in [3.05, 3.63) is 57.8 Å². The van der Waals surface area contributed by atoms with Gasteiger partial charge in [-0.2, -0.15) is 9.57 Å². The molecule has 190 valence electrons. The van der Waals surface area contributed by atoms with E-state index in [0.717, 1.165) is 25.6 Å². The number of ether oxygens (including phenoxy) is 2. The van der Waals surface area contributed by atoms with Crippen molar-refractivity contribution in [1.82, 2.24) is 9.62 Å². The first-order valence-corrected chi connectivity index (χ1v) is 13.0. The van der Waals surface area contributed by atoms with Crippen molar-refractivity contribution >= 4 is 45.6 Å². The third-order valence-electron chi connectivity index (χ3n) is 6.10. The summed E-state index contributed by atoms with van der Waals surface area (Å²) in [5, 5.41) is 12.7. The van der Waals surface area contributed by atoms with Gasteiger partial charge in [-0.05, 0) is 42.7 Å². The molecule has 1 N–H and O–H groups in total. The molecule has 2 aliphatic heterocycles. The molecule has 2 saturated heterocycles. The molecule has 0 saturated carbocycles. The maximum absolute atomic E-state index is 14.0. The molecule has 1 atom stereocenters. The van der Waals surface area contributed by atoms with E-state index in [1.807, 2.05) is 0 Å². The molecular weight excluding hydrogens is 540 g/mol. The normalized spacial score (nSPS) is 19.4. The summed E-state index contributed by atoms with van der Waals surface area (Å²) in [4.78, 5) is -0.00156. The van der Waals surface area contributed by atoms with E-state index < -0.39 is 21.3 Å². The molecule has 1 unspecified atom stereocenters. The number of hydrogen-bond acceptors (Lipinski definition) is 6. The SMILES string of the molecule is Cl.N#Cc1ccc(OCC2(CNCC3CCOC3)CN(S(=O)(=O)c3ccc(Cl)cc3Cl)C2)cc1F. The van der Waals surface area contributed by atoms with Gasteiger partial charge in [0, 0.05) is 49.3 Å². The van der Waals surface area contributed by atoms with Crippen LogP contribution in [0.2, 0.25) is 10.0 Å². The van der Waals surface area contributed by atoms with E-state index in [-0.39, 0.29) is 53.3 Å². The lowest BCUT2D eigenvalue weighted by Gasteiger charge is -2.49. The van der Waals surface area contributed by atoms with Gasteiger partial charge in [-0.3, -0.25) is 0 Å². The molecule has 4 rings (SSSR count). The molecule has 35 heavy (non-hydrogen) atoms. The second kappa shape index (κ2) is 11.6. The fraction of sp³-hybridized carbons (Fsp3) is 0.435. The Kier molecular flexibility index (Phi) is 9.27. The first kappa shape index (κ1) is 27.9. The average Bonchev–Trinajstić information content (AvgIpc) is 3.28. The minimum absolute atomic E-state index is 0. The number of hydrogen-bond donors (Lipinski definition) is 1. The summed E-state index contributed by atoms with van der Waals surface area (Å²) in [5.41, 5.74) is -0.584. The minimum Gasteiger partial charge on any atom is -0.493 e. The van der Waals surface area contributed by atoms with Gasteiger partial charge < -0.3 is 14.8 Å². The highest BCUT2D eigenvalue weighted by atomic mass is 35.5. The third kappa shape index (κ3) is 6.38. The molecule has 0 aliphatic carbocycles. The topological polar surface area (TPSA) is 91.7 Å². The van der Waals surface area contributed by atoms with Crippen LogP contribution in [0, 0.1) is 28.5 Å². The smallest absolute Gasteiger partial charge is 0.244 e. The second-order valence-corrected chi connectivity index (χ2v) is 11.5. The molecule has 2 fully saturated rings. The lowest BCUT2D eigenvalue weighted by Crippen LogP contribution is -2.64. The van der Waals surface area contributed by atoms with E-state index >= 15 is 0 Å². The van der Waals surface area contributed by atoms with E-state index in [4.69, 9.17) is 37.9 Å². The van der Waals surface area contributed by atoms with E-state index in [9.17, 15) is 12.8 Å². The van der Waals surface area contributed by atoms with Gasteiger partial charge in [0.25, 0.3) is 0 Å². The van der Waals surface area contributed by atoms with Crippen molar-refractivity contribution < 1.29 is 22.3 Å². The van der Waals surface area contributed by atoms with Crippen LogP contribution < -0.4 is 10.1 Å². The highest BCUT2D eigenvalue weighted by Gasteiger charge is 2.49. The molecule has 12 heteroatoms. The van der Waals surface area contributed by atoms with Crippen LogP contribution in [0.25, 0.3) is 0 Å². The Bertz CT molecular complexity index is 1200. The zero-order valence-corrected chi connectivity index (χ0v) is 21.8. The van der Waals surface area contributed by atoms with Crippen molar-refractivity contribution in [3.8, 4) is 11.8 Å². The molecule has 0 amide bonds. The number of rotatable bonds is 9. The first-order chi connectivity index (χ1) is 16.2. The van der Waals surface area contributed by atoms with Gasteiger partial charge in [0.2, 0.25) is 10.0 Å². The highest BCUT2D eigenvalue weighted by molar-refractivity contribution is 7.89. The summed E-state index contributed by atoms with van der Waals surface area (Å²) in [6, 6.07) is 10.1. The molecule has 0 radical (unpaired) electrons. The van der Waals surface area contributed by atoms with Gasteiger partial charge in [0.1, 0.15) is 22.5 Å². The maximum Gasteiger partial charge on any atom is 0.244 e. The fourth-order valence-electron chi connectivity index (χ4n) is 4.15. The summed E-state index contributed by atoms with van der Waals surface area (Å²) in [7, 11) is -3.82. The van der Waals surface area contributed by atoms with Gasteiger partial charge in [-0.25, -0.2) is 12.8 Å². The van der Waals surface area contributed by atoms with E-state index in [2.05, 4.69) is 5.32 Å². The van der Waals surface area contributed by atoms with Crippen LogP contribution in [0.15, 0.2) is 41.3 Å². The molecule has 2 heterocycles. The van der Waals surface area contributed by atoms with Crippen molar-refractivity contribution in [1.29, 1.82) is 5.26 Å². The Hall–Kier alpha value is -1.64. The Morgan fingerprint density at radius 1 is 1.26 bits per heavy atom. The number of benzene rings is 2. The summed E-state index contributed by atoms with van der Waals surface area (Å²) in [6.45, 7) is 3.32. The van der Waals surface area contributed by atoms with Gasteiger partial charge in [0.15, 0.2) is 0 Å². The predicted molar refractivity (Wildman–Crippen MR) is 133 cm³/mol. The fourth-order valence-corrected chi connectivity index (χ4v) is 6.56. The number of halogens is 4. The summed E-state index contributed by atoms with van der Waals surface area (Å²) < 4.78 is 52.9. The monoisotopic (exact) mass is 563 g/mol. The van der Waals surface area contributed by atoms with Gasteiger partial charge >= 0.3 is 0 Å². The standard InChI is InChI=1S/C23H24Cl2FN3O4S.ClH/c24-18-2-4-22(20(25)7-18)34(30,31)29-13-23(14-29,12-28-10-16-5-6-32-11-16)15-33-19-3-1-17(9-27)21(26)8-19;/h1-4,7-8,16,28H,5-6,10-15H2;1H. The predicted octanol–water partition coefficient (Wildman–Crippen LogP) is 4.12. The lowest BCUT2D eigenvalue weighted by molar-refractivity contribution is 0.0186. The third-order valence-corrected chi connectivity index (χ3v) is 8.61. The summed E-state index contributed by atoms with van der Waals surface area (Å²) >= 11 is 12.1. The first-order valence-electron chi connectivity index (χ1n) is 10.8. The van der Waals surface area contributed by atoms with Gasteiger partial charge in [-0.15, -0.1) is 12.4 Å². The van der Waals surface area contributed by atoms with Crippen LogP contribution in [0.4, 0.5) is 4.39 Å². The maximum atomic E-state index is 14.0. The van der Waals surface area contributed by atoms with Crippen LogP contribution in [0.1, 0.15) is 12.0 Å². The van der Waals surface area contributed by atoms with Crippen LogP contribution >= 0.6 is 35.6 Å². The van der Waals surface area contributed by atoms with Crippen molar-refractivity contribution in [2.45, 2.75) is 11.3 Å². The average molecular weight is 565 g/mol. The Morgan fingerprint density at radius 3 is 2.66 bits per heavy atom. The minimum atomic E-state index is -3.82. The number of nitrogens with zero attached hydrogens (tertiary/aromatic N) is 2. The second-order valence-electron chi connectivity index (χ2n) is 8.75. The molecular formula is C23H25Cl3FN3O4S. The molecule has 2 aromatic carbocycles. The summed E-state index contributed by atoms with van der Waals surface area (Å²) in [6.07, 6.45) is 0.983. The number of nitrogens with one attached hydrogen (secondary N) is 1. The highest BCUT2D eigenvalue weighted by Crippen LogP contribution is 2.37. The number of nitriles is 1. The lowest BCUT2D eigenvalue weighted by atomic mass is 9.82. The van der Waals surface area contributed by atoms with E-state index in [0.29, 0.717) is 24.1 Å². The van der Waals surface area contributed by atoms with Gasteiger partial charge in [-0.1, -0.05) is 23.2 Å². The molecule has 7 nitrogen and oxygen atoms in total. The number of sulfonamides is 1. The molecule has 0 spiro atoms.